The SMILES string of the molecule is C[C@@H]1CC2C3C[C@H](F)C4=CC(=O)C=C[C@]4(C)[C@@]3(F)[C@@H](O)C[C@]2(C)[C@@]1(OC(=O)c1ccco1)C(=O)SCC1(O)CCCCC1. The molecule has 4 saturated carbocycles. The summed E-state index contributed by atoms with van der Waals surface area (Å²) in [6.45, 7) is 5.05. The molecule has 5 aliphatic rings. The number of allylic oxidation sites excluding steroid dienone is 4. The zero-order valence-corrected chi connectivity index (χ0v) is 25.6. The van der Waals surface area contributed by atoms with Crippen molar-refractivity contribution in [3.63, 3.8) is 0 Å². The van der Waals surface area contributed by atoms with Gasteiger partial charge in [0.05, 0.1) is 18.0 Å². The van der Waals surface area contributed by atoms with Crippen LogP contribution in [-0.2, 0) is 14.3 Å². The van der Waals surface area contributed by atoms with Crippen LogP contribution in [0.2, 0.25) is 0 Å². The smallest absolute Gasteiger partial charge is 0.375 e. The van der Waals surface area contributed by atoms with Gasteiger partial charge >= 0.3 is 5.97 Å². The van der Waals surface area contributed by atoms with Crippen LogP contribution in [0.4, 0.5) is 8.78 Å². The topological polar surface area (TPSA) is 114 Å². The maximum atomic E-state index is 17.7. The highest BCUT2D eigenvalue weighted by molar-refractivity contribution is 8.13. The maximum absolute atomic E-state index is 17.7. The molecule has 0 aliphatic heterocycles. The average Bonchev–Trinajstić information content (AvgIpc) is 3.57. The number of halogens is 2. The third kappa shape index (κ3) is 4.29. The lowest BCUT2D eigenvalue weighted by atomic mass is 9.44. The van der Waals surface area contributed by atoms with E-state index in [-0.39, 0.29) is 36.3 Å². The van der Waals surface area contributed by atoms with Crippen LogP contribution in [0.25, 0.3) is 0 Å². The quantitative estimate of drug-likeness (QED) is 0.405. The van der Waals surface area contributed by atoms with Crippen LogP contribution in [0, 0.1) is 28.6 Å². The first-order valence-electron chi connectivity index (χ1n) is 15.3. The van der Waals surface area contributed by atoms with E-state index in [1.165, 1.54) is 37.5 Å². The molecule has 0 amide bonds. The molecule has 2 N–H and O–H groups in total. The fourth-order valence-corrected chi connectivity index (χ4v) is 10.8. The van der Waals surface area contributed by atoms with Crippen molar-refractivity contribution in [1.82, 2.24) is 0 Å². The molecule has 0 aromatic carbocycles. The highest BCUT2D eigenvalue weighted by Crippen LogP contribution is 2.72. The molecule has 0 bridgehead atoms. The predicted octanol–water partition coefficient (Wildman–Crippen LogP) is 5.70. The van der Waals surface area contributed by atoms with Gasteiger partial charge < -0.3 is 19.4 Å². The Kier molecular flexibility index (Phi) is 7.41. The molecular weight excluding hydrogens is 578 g/mol. The fourth-order valence-electron chi connectivity index (χ4n) is 9.47. The minimum Gasteiger partial charge on any atom is -0.457 e. The normalized spacial score (nSPS) is 43.3. The molecule has 1 aromatic rings. The van der Waals surface area contributed by atoms with Crippen molar-refractivity contribution in [1.29, 1.82) is 0 Å². The Morgan fingerprint density at radius 2 is 1.88 bits per heavy atom. The lowest BCUT2D eigenvalue weighted by Gasteiger charge is -2.63. The van der Waals surface area contributed by atoms with Gasteiger partial charge in [-0.15, -0.1) is 0 Å². The number of aliphatic hydroxyl groups is 2. The molecular formula is C33H40F2O7S. The zero-order chi connectivity index (χ0) is 31.0. The molecule has 234 valence electrons. The number of thioether (sulfide) groups is 1. The van der Waals surface area contributed by atoms with Crippen molar-refractivity contribution in [3.8, 4) is 0 Å². The number of esters is 1. The average molecular weight is 619 g/mol. The molecule has 4 fully saturated rings. The third-order valence-electron chi connectivity index (χ3n) is 11.7. The van der Waals surface area contributed by atoms with Crippen LogP contribution < -0.4 is 0 Å². The number of fused-ring (bicyclic) bond motifs is 5. The van der Waals surface area contributed by atoms with Gasteiger partial charge in [-0.25, -0.2) is 13.6 Å². The summed E-state index contributed by atoms with van der Waals surface area (Å²) < 4.78 is 45.1. The monoisotopic (exact) mass is 618 g/mol. The Morgan fingerprint density at radius 1 is 1.16 bits per heavy atom. The number of ether oxygens (including phenoxy) is 1. The Labute approximate surface area is 254 Å². The molecule has 43 heavy (non-hydrogen) atoms. The number of aliphatic hydroxyl groups excluding tert-OH is 1. The third-order valence-corrected chi connectivity index (χ3v) is 13.0. The number of carbonyl (C=O) groups excluding carboxylic acids is 3. The summed E-state index contributed by atoms with van der Waals surface area (Å²) in [6, 6.07) is 2.96. The fraction of sp³-hybridized carbons (Fsp3) is 0.667. The second-order valence-electron chi connectivity index (χ2n) is 14.0. The van der Waals surface area contributed by atoms with Crippen molar-refractivity contribution < 1.29 is 42.5 Å². The van der Waals surface area contributed by atoms with Crippen molar-refractivity contribution in [2.75, 3.05) is 5.75 Å². The van der Waals surface area contributed by atoms with Crippen molar-refractivity contribution in [2.24, 2.45) is 28.6 Å². The Bertz CT molecular complexity index is 1370. The number of hydrogen-bond acceptors (Lipinski definition) is 8. The summed E-state index contributed by atoms with van der Waals surface area (Å²) >= 11 is 0.919. The van der Waals surface area contributed by atoms with Gasteiger partial charge in [-0.1, -0.05) is 50.9 Å². The van der Waals surface area contributed by atoms with Gasteiger partial charge in [-0.2, -0.15) is 0 Å². The Hall–Kier alpha value is -2.30. The second-order valence-corrected chi connectivity index (χ2v) is 14.9. The van der Waals surface area contributed by atoms with Crippen LogP contribution in [-0.4, -0.2) is 62.0 Å². The number of hydrogen-bond donors (Lipinski definition) is 2. The second kappa shape index (κ2) is 10.4. The summed E-state index contributed by atoms with van der Waals surface area (Å²) in [5.41, 5.74) is -7.96. The van der Waals surface area contributed by atoms with E-state index in [9.17, 15) is 24.6 Å². The lowest BCUT2D eigenvalue weighted by Crippen LogP contribution is -2.70. The molecule has 0 radical (unpaired) electrons. The van der Waals surface area contributed by atoms with Crippen molar-refractivity contribution in [2.45, 2.75) is 101 Å². The highest BCUT2D eigenvalue weighted by atomic mass is 32.2. The molecule has 2 unspecified atom stereocenters. The molecule has 10 heteroatoms. The molecule has 9 atom stereocenters. The van der Waals surface area contributed by atoms with E-state index in [1.54, 1.807) is 13.8 Å². The first-order valence-corrected chi connectivity index (χ1v) is 16.3. The van der Waals surface area contributed by atoms with Crippen LogP contribution in [0.15, 0.2) is 46.6 Å². The summed E-state index contributed by atoms with van der Waals surface area (Å²) in [5.74, 6) is -3.52. The van der Waals surface area contributed by atoms with Gasteiger partial charge in [0.25, 0.3) is 0 Å². The minimum atomic E-state index is -2.32. The molecule has 1 heterocycles. The first-order chi connectivity index (χ1) is 20.2. The Balaban J connectivity index is 1.42. The van der Waals surface area contributed by atoms with E-state index in [4.69, 9.17) is 9.15 Å². The summed E-state index contributed by atoms with van der Waals surface area (Å²) in [5, 5.41) is 22.5. The van der Waals surface area contributed by atoms with Gasteiger partial charge in [-0.05, 0) is 74.8 Å². The largest absolute Gasteiger partial charge is 0.457 e. The Morgan fingerprint density at radius 3 is 2.56 bits per heavy atom. The molecule has 1 aromatic heterocycles. The standard InChI is InChI=1S/C33H40F2O7S/c1-19-14-21-22-16-24(34)23-15-20(36)9-12-29(23,2)32(22,35)26(37)17-30(21,3)33(19,42-27(38)25-8-7-13-41-25)28(39)43-18-31(40)10-5-4-6-11-31/h7-9,12-13,15,19,21-22,24,26,37,40H,4-6,10-11,14,16-18H2,1-3H3/t19-,21?,22?,24+,26+,29+,30+,32+,33+/m1/s1. The van der Waals surface area contributed by atoms with Crippen LogP contribution in [0.1, 0.15) is 82.7 Å². The van der Waals surface area contributed by atoms with E-state index in [1.807, 2.05) is 0 Å². The van der Waals surface area contributed by atoms with E-state index in [0.29, 0.717) is 12.8 Å². The number of alkyl halides is 2. The summed E-state index contributed by atoms with van der Waals surface area (Å²) in [6.07, 6.45) is 5.41. The van der Waals surface area contributed by atoms with Gasteiger partial charge in [0.15, 0.2) is 17.1 Å². The summed E-state index contributed by atoms with van der Waals surface area (Å²) in [7, 11) is 0. The molecule has 6 rings (SSSR count). The highest BCUT2D eigenvalue weighted by Gasteiger charge is 2.78. The number of carbonyl (C=O) groups is 3. The van der Waals surface area contributed by atoms with Gasteiger partial charge in [0.1, 0.15) is 6.17 Å². The van der Waals surface area contributed by atoms with E-state index >= 15 is 8.78 Å². The van der Waals surface area contributed by atoms with E-state index < -0.39 is 74.6 Å². The van der Waals surface area contributed by atoms with Crippen LogP contribution in [0.5, 0.6) is 0 Å². The minimum absolute atomic E-state index is 0.0234. The molecule has 7 nitrogen and oxygen atoms in total. The van der Waals surface area contributed by atoms with E-state index in [0.717, 1.165) is 37.1 Å². The van der Waals surface area contributed by atoms with Gasteiger partial charge in [0, 0.05) is 28.4 Å². The van der Waals surface area contributed by atoms with Crippen LogP contribution >= 0.6 is 11.8 Å². The zero-order valence-electron chi connectivity index (χ0n) is 24.8. The van der Waals surface area contributed by atoms with Gasteiger partial charge in [0.2, 0.25) is 10.9 Å². The van der Waals surface area contributed by atoms with Crippen molar-refractivity contribution >= 4 is 28.6 Å². The maximum Gasteiger partial charge on any atom is 0.375 e. The van der Waals surface area contributed by atoms with Crippen LogP contribution in [0.3, 0.4) is 0 Å². The molecule has 0 spiro atoms. The van der Waals surface area contributed by atoms with Crippen molar-refractivity contribution in [3.05, 3.63) is 48.0 Å². The molecule has 0 saturated heterocycles. The lowest BCUT2D eigenvalue weighted by molar-refractivity contribution is -0.221. The van der Waals surface area contributed by atoms with Gasteiger partial charge in [-0.3, -0.25) is 9.59 Å². The number of furan rings is 1. The first kappa shape index (κ1) is 30.7. The number of rotatable bonds is 5. The van der Waals surface area contributed by atoms with E-state index in [2.05, 4.69) is 0 Å². The number of ketones is 1. The predicted molar refractivity (Wildman–Crippen MR) is 156 cm³/mol. The molecule has 5 aliphatic carbocycles. The summed E-state index contributed by atoms with van der Waals surface area (Å²) in [4.78, 5) is 40.1.